The van der Waals surface area contributed by atoms with Crippen LogP contribution in [0.4, 0.5) is 0 Å². The summed E-state index contributed by atoms with van der Waals surface area (Å²) in [6, 6.07) is 16.0. The fourth-order valence-corrected chi connectivity index (χ4v) is 4.80. The molecule has 2 aromatic heterocycles. The topological polar surface area (TPSA) is 43.6 Å². The van der Waals surface area contributed by atoms with Crippen LogP contribution in [0, 0.1) is 6.92 Å². The number of halogens is 1. The number of thioether (sulfide) groups is 1. The molecule has 27 heavy (non-hydrogen) atoms. The second kappa shape index (κ2) is 7.84. The summed E-state index contributed by atoms with van der Waals surface area (Å²) in [5, 5.41) is 13.3. The number of benzene rings is 2. The van der Waals surface area contributed by atoms with Crippen LogP contribution in [0.15, 0.2) is 59.1 Å². The maximum Gasteiger partial charge on any atom is 0.191 e. The van der Waals surface area contributed by atoms with E-state index in [4.69, 9.17) is 16.6 Å². The van der Waals surface area contributed by atoms with Crippen molar-refractivity contribution in [1.82, 2.24) is 19.7 Å². The average Bonchev–Trinajstić information content (AvgIpc) is 3.28. The van der Waals surface area contributed by atoms with Crippen molar-refractivity contribution >= 4 is 34.7 Å². The quantitative estimate of drug-likeness (QED) is 0.385. The summed E-state index contributed by atoms with van der Waals surface area (Å²) in [4.78, 5) is 4.78. The van der Waals surface area contributed by atoms with Crippen molar-refractivity contribution in [2.45, 2.75) is 17.8 Å². The molecule has 0 saturated carbocycles. The molecule has 0 spiro atoms. The van der Waals surface area contributed by atoms with E-state index in [1.54, 1.807) is 23.1 Å². The van der Waals surface area contributed by atoms with E-state index in [0.717, 1.165) is 33.0 Å². The first kappa shape index (κ1) is 18.2. The molecule has 0 aliphatic rings. The number of hydrogen-bond acceptors (Lipinski definition) is 5. The summed E-state index contributed by atoms with van der Waals surface area (Å²) in [5.74, 6) is 1.51. The van der Waals surface area contributed by atoms with Gasteiger partial charge in [0.2, 0.25) is 0 Å². The van der Waals surface area contributed by atoms with Gasteiger partial charge < -0.3 is 4.57 Å². The first-order valence-electron chi connectivity index (χ1n) is 8.41. The van der Waals surface area contributed by atoms with Crippen LogP contribution in [-0.4, -0.2) is 19.7 Å². The van der Waals surface area contributed by atoms with E-state index in [2.05, 4.69) is 34.6 Å². The van der Waals surface area contributed by atoms with Gasteiger partial charge >= 0.3 is 0 Å². The minimum atomic E-state index is 0.673. The molecule has 0 fully saturated rings. The Morgan fingerprint density at radius 1 is 1.04 bits per heavy atom. The highest BCUT2D eigenvalue weighted by Gasteiger charge is 2.14. The molecular weight excluding hydrogens is 396 g/mol. The number of thiazole rings is 1. The zero-order valence-corrected chi connectivity index (χ0v) is 17.3. The molecule has 0 bridgehead atoms. The number of aryl methyl sites for hydroxylation is 1. The summed E-state index contributed by atoms with van der Waals surface area (Å²) in [5.41, 5.74) is 4.37. The van der Waals surface area contributed by atoms with E-state index < -0.39 is 0 Å². The zero-order chi connectivity index (χ0) is 18.8. The molecular formula is C20H17ClN4S2. The molecule has 0 atom stereocenters. The van der Waals surface area contributed by atoms with Gasteiger partial charge in [0.1, 0.15) is 5.01 Å². The standard InChI is InChI=1S/C20H17ClN4S2/c1-13-7-3-4-8-15(13)19-22-14(11-26-19)12-27-20-24-23-18(25(20)2)16-9-5-6-10-17(16)21/h3-11H,12H2,1-2H3. The molecule has 2 aromatic carbocycles. The van der Waals surface area contributed by atoms with Crippen molar-refractivity contribution in [3.05, 3.63) is 70.2 Å². The summed E-state index contributed by atoms with van der Waals surface area (Å²) in [6.45, 7) is 2.11. The van der Waals surface area contributed by atoms with Crippen molar-refractivity contribution in [1.29, 1.82) is 0 Å². The summed E-state index contributed by atoms with van der Waals surface area (Å²) < 4.78 is 1.97. The Hall–Kier alpha value is -2.15. The number of nitrogens with zero attached hydrogens (tertiary/aromatic N) is 4. The van der Waals surface area contributed by atoms with Gasteiger partial charge in [-0.2, -0.15) is 0 Å². The second-order valence-corrected chi connectivity index (χ2v) is 8.30. The van der Waals surface area contributed by atoms with Gasteiger partial charge in [0.15, 0.2) is 11.0 Å². The van der Waals surface area contributed by atoms with Gasteiger partial charge in [-0.1, -0.05) is 59.8 Å². The van der Waals surface area contributed by atoms with Crippen LogP contribution in [0.3, 0.4) is 0 Å². The molecule has 0 radical (unpaired) electrons. The van der Waals surface area contributed by atoms with Crippen LogP contribution in [0.5, 0.6) is 0 Å². The van der Waals surface area contributed by atoms with Crippen molar-refractivity contribution in [3.63, 3.8) is 0 Å². The highest BCUT2D eigenvalue weighted by atomic mass is 35.5. The van der Waals surface area contributed by atoms with Crippen LogP contribution in [0.25, 0.3) is 22.0 Å². The fourth-order valence-electron chi connectivity index (χ4n) is 2.77. The minimum absolute atomic E-state index is 0.673. The van der Waals surface area contributed by atoms with Crippen LogP contribution in [0.1, 0.15) is 11.3 Å². The lowest BCUT2D eigenvalue weighted by Crippen LogP contribution is -1.95. The first-order valence-corrected chi connectivity index (χ1v) is 10.7. The van der Waals surface area contributed by atoms with Gasteiger partial charge in [-0.25, -0.2) is 4.98 Å². The molecule has 136 valence electrons. The fraction of sp³-hybridized carbons (Fsp3) is 0.150. The van der Waals surface area contributed by atoms with E-state index in [-0.39, 0.29) is 0 Å². The van der Waals surface area contributed by atoms with E-state index in [1.807, 2.05) is 48.0 Å². The van der Waals surface area contributed by atoms with Crippen molar-refractivity contribution in [2.75, 3.05) is 0 Å². The third-order valence-electron chi connectivity index (χ3n) is 4.23. The molecule has 0 aliphatic carbocycles. The monoisotopic (exact) mass is 412 g/mol. The molecule has 0 unspecified atom stereocenters. The molecule has 2 heterocycles. The highest BCUT2D eigenvalue weighted by molar-refractivity contribution is 7.98. The van der Waals surface area contributed by atoms with Crippen LogP contribution < -0.4 is 0 Å². The lowest BCUT2D eigenvalue weighted by molar-refractivity contribution is 0.793. The maximum atomic E-state index is 6.29. The number of rotatable bonds is 5. The lowest BCUT2D eigenvalue weighted by atomic mass is 10.1. The smallest absolute Gasteiger partial charge is 0.191 e. The minimum Gasteiger partial charge on any atom is -0.305 e. The molecule has 0 saturated heterocycles. The molecule has 0 amide bonds. The second-order valence-electron chi connectivity index (χ2n) is 6.09. The molecule has 4 aromatic rings. The normalized spacial score (nSPS) is 11.1. The Labute approximate surface area is 171 Å². The molecule has 4 nitrogen and oxygen atoms in total. The Kier molecular flexibility index (Phi) is 5.29. The predicted molar refractivity (Wildman–Crippen MR) is 113 cm³/mol. The van der Waals surface area contributed by atoms with Gasteiger partial charge in [0, 0.05) is 29.3 Å². The number of aromatic nitrogens is 4. The Balaban J connectivity index is 1.51. The zero-order valence-electron chi connectivity index (χ0n) is 14.9. The van der Waals surface area contributed by atoms with Gasteiger partial charge in [0.25, 0.3) is 0 Å². The van der Waals surface area contributed by atoms with E-state index in [1.165, 1.54) is 11.1 Å². The maximum absolute atomic E-state index is 6.29. The van der Waals surface area contributed by atoms with Gasteiger partial charge in [-0.15, -0.1) is 21.5 Å². The van der Waals surface area contributed by atoms with Crippen molar-refractivity contribution < 1.29 is 0 Å². The molecule has 4 rings (SSSR count). The van der Waals surface area contributed by atoms with Gasteiger partial charge in [0.05, 0.1) is 10.7 Å². The Morgan fingerprint density at radius 2 is 1.78 bits per heavy atom. The predicted octanol–water partition coefficient (Wildman–Crippen LogP) is 5.86. The van der Waals surface area contributed by atoms with Crippen molar-refractivity contribution in [3.8, 4) is 22.0 Å². The Bertz CT molecular complexity index is 1090. The number of hydrogen-bond donors (Lipinski definition) is 0. The SMILES string of the molecule is Cc1ccccc1-c1nc(CSc2nnc(-c3ccccc3Cl)n2C)cs1. The van der Waals surface area contributed by atoms with Crippen molar-refractivity contribution in [2.24, 2.45) is 7.05 Å². The average molecular weight is 413 g/mol. The van der Waals surface area contributed by atoms with Gasteiger partial charge in [-0.05, 0) is 24.6 Å². The van der Waals surface area contributed by atoms with E-state index in [0.29, 0.717) is 5.02 Å². The summed E-state index contributed by atoms with van der Waals surface area (Å²) >= 11 is 9.59. The van der Waals surface area contributed by atoms with E-state index >= 15 is 0 Å². The molecule has 0 aliphatic heterocycles. The van der Waals surface area contributed by atoms with Crippen LogP contribution >= 0.6 is 34.7 Å². The van der Waals surface area contributed by atoms with E-state index in [9.17, 15) is 0 Å². The third kappa shape index (κ3) is 3.78. The summed E-state index contributed by atoms with van der Waals surface area (Å²) in [7, 11) is 1.96. The Morgan fingerprint density at radius 3 is 2.56 bits per heavy atom. The molecule has 0 N–H and O–H groups in total. The van der Waals surface area contributed by atoms with Crippen LogP contribution in [-0.2, 0) is 12.8 Å². The highest BCUT2D eigenvalue weighted by Crippen LogP contribution is 2.31. The first-order chi connectivity index (χ1) is 13.1. The largest absolute Gasteiger partial charge is 0.305 e. The van der Waals surface area contributed by atoms with Gasteiger partial charge in [-0.3, -0.25) is 0 Å². The lowest BCUT2D eigenvalue weighted by Gasteiger charge is -2.04. The van der Waals surface area contributed by atoms with Crippen LogP contribution in [0.2, 0.25) is 5.02 Å². The summed E-state index contributed by atoms with van der Waals surface area (Å²) in [6.07, 6.45) is 0. The third-order valence-corrected chi connectivity index (χ3v) is 6.53. The molecule has 7 heteroatoms.